The highest BCUT2D eigenvalue weighted by Crippen LogP contribution is 2.31. The fourth-order valence-corrected chi connectivity index (χ4v) is 1.75. The molecule has 0 unspecified atom stereocenters. The topological polar surface area (TPSA) is 58.5 Å². The maximum Gasteiger partial charge on any atom is 0.0768 e. The number of nitrogen functional groups attached to an aromatic ring is 1. The zero-order chi connectivity index (χ0) is 10.3. The van der Waals surface area contributed by atoms with E-state index < -0.39 is 0 Å². The number of rotatable bonds is 1. The molecule has 4 heteroatoms. The second-order valence-corrected chi connectivity index (χ2v) is 3.92. The Morgan fingerprint density at radius 3 is 2.71 bits per heavy atom. The molecule has 76 valence electrons. The molecule has 4 nitrogen and oxygen atoms in total. The fourth-order valence-electron chi connectivity index (χ4n) is 1.75. The van der Waals surface area contributed by atoms with E-state index in [0.717, 1.165) is 17.9 Å². The van der Waals surface area contributed by atoms with E-state index in [0.29, 0.717) is 6.04 Å². The van der Waals surface area contributed by atoms with Crippen molar-refractivity contribution in [1.82, 2.24) is 5.01 Å². The van der Waals surface area contributed by atoms with Crippen LogP contribution >= 0.6 is 0 Å². The van der Waals surface area contributed by atoms with Gasteiger partial charge in [0.15, 0.2) is 0 Å². The molecule has 14 heavy (non-hydrogen) atoms. The van der Waals surface area contributed by atoms with E-state index in [9.17, 15) is 0 Å². The Kier molecular flexibility index (Phi) is 2.09. The second-order valence-electron chi connectivity index (χ2n) is 3.92. The quantitative estimate of drug-likeness (QED) is 0.516. The fraction of sp³-hybridized carbons (Fsp3) is 0.400. The van der Waals surface area contributed by atoms with E-state index in [2.05, 4.69) is 18.9 Å². The van der Waals surface area contributed by atoms with E-state index in [1.807, 2.05) is 18.2 Å². The molecule has 0 aliphatic carbocycles. The summed E-state index contributed by atoms with van der Waals surface area (Å²) in [4.78, 5) is 0. The largest absolute Gasteiger partial charge is 0.399 e. The normalized spacial score (nSPS) is 16.4. The van der Waals surface area contributed by atoms with E-state index >= 15 is 0 Å². The van der Waals surface area contributed by atoms with Crippen molar-refractivity contribution in [2.24, 2.45) is 5.84 Å². The lowest BCUT2D eigenvalue weighted by atomic mass is 10.2. The Bertz CT molecular complexity index is 348. The minimum Gasteiger partial charge on any atom is -0.399 e. The lowest BCUT2D eigenvalue weighted by molar-refractivity contribution is 0.211. The van der Waals surface area contributed by atoms with Crippen LogP contribution < -0.4 is 16.7 Å². The highest BCUT2D eigenvalue weighted by atomic mass is 15.8. The van der Waals surface area contributed by atoms with Gasteiger partial charge in [0.1, 0.15) is 0 Å². The first-order chi connectivity index (χ1) is 6.59. The number of nitrogens with two attached hydrogens (primary N) is 2. The summed E-state index contributed by atoms with van der Waals surface area (Å²) >= 11 is 0. The Balaban J connectivity index is 2.36. The highest BCUT2D eigenvalue weighted by molar-refractivity contribution is 5.62. The Morgan fingerprint density at radius 1 is 1.36 bits per heavy atom. The maximum atomic E-state index is 5.96. The molecular weight excluding hydrogens is 176 g/mol. The van der Waals surface area contributed by atoms with Crippen LogP contribution in [0.1, 0.15) is 19.4 Å². The lowest BCUT2D eigenvalue weighted by Gasteiger charge is -2.28. The van der Waals surface area contributed by atoms with Gasteiger partial charge < -0.3 is 5.73 Å². The van der Waals surface area contributed by atoms with Crippen molar-refractivity contribution in [3.63, 3.8) is 0 Å². The first-order valence-electron chi connectivity index (χ1n) is 4.79. The van der Waals surface area contributed by atoms with Gasteiger partial charge in [-0.3, -0.25) is 0 Å². The summed E-state index contributed by atoms with van der Waals surface area (Å²) in [5, 5.41) is 3.79. The van der Waals surface area contributed by atoms with Gasteiger partial charge in [0.05, 0.1) is 5.69 Å². The van der Waals surface area contributed by atoms with Gasteiger partial charge in [-0.25, -0.2) is 11.0 Å². The standard InChI is InChI=1S/C10H16N4/c1-7(2)13-6-8-3-4-9(11)5-10(8)14(13)12/h3-5,7H,6,11-12H2,1-2H3. The minimum absolute atomic E-state index is 0.397. The molecule has 0 spiro atoms. The molecule has 1 heterocycles. The maximum absolute atomic E-state index is 5.96. The van der Waals surface area contributed by atoms with Gasteiger partial charge in [0.2, 0.25) is 0 Å². The van der Waals surface area contributed by atoms with Gasteiger partial charge in [0.25, 0.3) is 0 Å². The third-order valence-electron chi connectivity index (χ3n) is 2.56. The first kappa shape index (κ1) is 9.30. The van der Waals surface area contributed by atoms with Crippen LogP contribution in [0.15, 0.2) is 18.2 Å². The second kappa shape index (κ2) is 3.15. The number of fused-ring (bicyclic) bond motifs is 1. The Morgan fingerprint density at radius 2 is 2.07 bits per heavy atom. The minimum atomic E-state index is 0.397. The Hall–Kier alpha value is -1.26. The summed E-state index contributed by atoms with van der Waals surface area (Å²) in [6, 6.07) is 6.26. The summed E-state index contributed by atoms with van der Waals surface area (Å²) in [6.07, 6.45) is 0. The van der Waals surface area contributed by atoms with Crippen molar-refractivity contribution in [3.8, 4) is 0 Å². The zero-order valence-corrected chi connectivity index (χ0v) is 8.57. The monoisotopic (exact) mass is 192 g/mol. The van der Waals surface area contributed by atoms with Crippen LogP contribution in [0.25, 0.3) is 0 Å². The molecule has 0 radical (unpaired) electrons. The number of benzene rings is 1. The van der Waals surface area contributed by atoms with Crippen molar-refractivity contribution in [3.05, 3.63) is 23.8 Å². The number of hydrazine groups is 2. The SMILES string of the molecule is CC(C)N1Cc2ccc(N)cc2N1N. The molecule has 0 bridgehead atoms. The average Bonchev–Trinajstić information content (AvgIpc) is 2.44. The van der Waals surface area contributed by atoms with Gasteiger partial charge >= 0.3 is 0 Å². The van der Waals surface area contributed by atoms with Crippen molar-refractivity contribution >= 4 is 11.4 Å². The number of nitrogens with zero attached hydrogens (tertiary/aromatic N) is 2. The molecule has 0 saturated carbocycles. The average molecular weight is 192 g/mol. The predicted molar refractivity (Wildman–Crippen MR) is 58.2 cm³/mol. The molecule has 1 aromatic rings. The smallest absolute Gasteiger partial charge is 0.0768 e. The van der Waals surface area contributed by atoms with Gasteiger partial charge in [-0.05, 0) is 31.5 Å². The molecule has 4 N–H and O–H groups in total. The third kappa shape index (κ3) is 1.32. The van der Waals surface area contributed by atoms with Crippen LogP contribution in [0.4, 0.5) is 11.4 Å². The molecule has 0 fully saturated rings. The van der Waals surface area contributed by atoms with Crippen LogP contribution in [-0.4, -0.2) is 11.1 Å². The molecule has 1 aromatic carbocycles. The van der Waals surface area contributed by atoms with E-state index in [4.69, 9.17) is 11.6 Å². The number of hydrogen-bond donors (Lipinski definition) is 2. The summed E-state index contributed by atoms with van der Waals surface area (Å²) in [5.74, 6) is 5.96. The van der Waals surface area contributed by atoms with Crippen molar-refractivity contribution < 1.29 is 0 Å². The summed E-state index contributed by atoms with van der Waals surface area (Å²) in [5.41, 5.74) is 8.71. The molecule has 0 aromatic heterocycles. The van der Waals surface area contributed by atoms with Crippen molar-refractivity contribution in [1.29, 1.82) is 0 Å². The van der Waals surface area contributed by atoms with Crippen LogP contribution in [-0.2, 0) is 6.54 Å². The van der Waals surface area contributed by atoms with E-state index in [1.165, 1.54) is 5.56 Å². The van der Waals surface area contributed by atoms with Crippen LogP contribution in [0, 0.1) is 0 Å². The molecular formula is C10H16N4. The Labute approximate surface area is 84.0 Å². The van der Waals surface area contributed by atoms with Gasteiger partial charge in [-0.15, -0.1) is 0 Å². The van der Waals surface area contributed by atoms with Gasteiger partial charge in [-0.1, -0.05) is 6.07 Å². The van der Waals surface area contributed by atoms with Crippen molar-refractivity contribution in [2.45, 2.75) is 26.4 Å². The van der Waals surface area contributed by atoms with Gasteiger partial charge in [-0.2, -0.15) is 5.01 Å². The summed E-state index contributed by atoms with van der Waals surface area (Å²) < 4.78 is 0. The zero-order valence-electron chi connectivity index (χ0n) is 8.57. The molecule has 1 aliphatic rings. The molecule has 0 saturated heterocycles. The van der Waals surface area contributed by atoms with Crippen LogP contribution in [0.3, 0.4) is 0 Å². The van der Waals surface area contributed by atoms with Crippen molar-refractivity contribution in [2.75, 3.05) is 10.9 Å². The number of hydrogen-bond acceptors (Lipinski definition) is 4. The predicted octanol–water partition coefficient (Wildman–Crippen LogP) is 1.09. The van der Waals surface area contributed by atoms with Crippen LogP contribution in [0.2, 0.25) is 0 Å². The summed E-state index contributed by atoms with van der Waals surface area (Å²) in [6.45, 7) is 5.11. The molecule has 0 atom stereocenters. The third-order valence-corrected chi connectivity index (χ3v) is 2.56. The van der Waals surface area contributed by atoms with E-state index in [1.54, 1.807) is 5.12 Å². The lowest BCUT2D eigenvalue weighted by Crippen LogP contribution is -2.46. The van der Waals surface area contributed by atoms with E-state index in [-0.39, 0.29) is 0 Å². The molecule has 2 rings (SSSR count). The molecule has 0 amide bonds. The highest BCUT2D eigenvalue weighted by Gasteiger charge is 2.26. The van der Waals surface area contributed by atoms with Crippen LogP contribution in [0.5, 0.6) is 0 Å². The van der Waals surface area contributed by atoms with Gasteiger partial charge in [0, 0.05) is 18.3 Å². The summed E-state index contributed by atoms with van der Waals surface area (Å²) in [7, 11) is 0. The molecule has 1 aliphatic heterocycles. The first-order valence-corrected chi connectivity index (χ1v) is 4.79. The number of anilines is 2.